The smallest absolute Gasteiger partial charge is 0.318 e. The zero-order chi connectivity index (χ0) is 24.1. The standard InChI is InChI=1S/C26H23ClFN3O3/c27-22-14-18(5-12-23(22)28)15-29-26(34)31-13-1-2-24(31)25(33)30-21-10-8-20(9-11-21)19-6-3-17(16-32)4-7-19/h3-12,14,16,24H,1-2,13,15H2,(H,29,34)(H,30,33)/t24-/m1/s1. The van der Waals surface area contributed by atoms with Crippen molar-refractivity contribution in [2.75, 3.05) is 11.9 Å². The number of halogens is 2. The van der Waals surface area contributed by atoms with Crippen molar-refractivity contribution in [3.63, 3.8) is 0 Å². The van der Waals surface area contributed by atoms with Gasteiger partial charge in [0.1, 0.15) is 18.1 Å². The Kier molecular flexibility index (Phi) is 7.23. The number of amides is 3. The number of hydrogen-bond acceptors (Lipinski definition) is 3. The van der Waals surface area contributed by atoms with Gasteiger partial charge in [-0.15, -0.1) is 0 Å². The van der Waals surface area contributed by atoms with E-state index in [9.17, 15) is 18.8 Å². The first-order chi connectivity index (χ1) is 16.4. The lowest BCUT2D eigenvalue weighted by Crippen LogP contribution is -2.47. The van der Waals surface area contributed by atoms with E-state index < -0.39 is 11.9 Å². The highest BCUT2D eigenvalue weighted by Crippen LogP contribution is 2.24. The summed E-state index contributed by atoms with van der Waals surface area (Å²) in [6.45, 7) is 0.656. The molecule has 0 unspecified atom stereocenters. The van der Waals surface area contributed by atoms with E-state index in [0.29, 0.717) is 29.8 Å². The van der Waals surface area contributed by atoms with Gasteiger partial charge in [-0.1, -0.05) is 54.1 Å². The third kappa shape index (κ3) is 5.43. The predicted octanol–water partition coefficient (Wildman–Crippen LogP) is 5.27. The second-order valence-corrected chi connectivity index (χ2v) is 8.47. The van der Waals surface area contributed by atoms with E-state index in [0.717, 1.165) is 23.8 Å². The Balaban J connectivity index is 1.35. The van der Waals surface area contributed by atoms with Gasteiger partial charge in [0.05, 0.1) is 5.02 Å². The molecule has 3 aromatic carbocycles. The van der Waals surface area contributed by atoms with Crippen molar-refractivity contribution in [1.29, 1.82) is 0 Å². The Morgan fingerprint density at radius 2 is 1.71 bits per heavy atom. The molecular formula is C26H23ClFN3O3. The lowest BCUT2D eigenvalue weighted by molar-refractivity contribution is -0.119. The molecule has 1 saturated heterocycles. The van der Waals surface area contributed by atoms with Crippen LogP contribution in [0.4, 0.5) is 14.9 Å². The summed E-state index contributed by atoms with van der Waals surface area (Å²) in [6, 6.07) is 18.0. The van der Waals surface area contributed by atoms with E-state index in [4.69, 9.17) is 11.6 Å². The average molecular weight is 480 g/mol. The molecule has 3 aromatic rings. The third-order valence-corrected chi connectivity index (χ3v) is 6.07. The highest BCUT2D eigenvalue weighted by molar-refractivity contribution is 6.30. The maximum absolute atomic E-state index is 13.3. The van der Waals surface area contributed by atoms with E-state index >= 15 is 0 Å². The van der Waals surface area contributed by atoms with Crippen LogP contribution < -0.4 is 10.6 Å². The van der Waals surface area contributed by atoms with Crippen molar-refractivity contribution in [2.45, 2.75) is 25.4 Å². The number of hydrogen-bond donors (Lipinski definition) is 2. The molecule has 4 rings (SSSR count). The van der Waals surface area contributed by atoms with Gasteiger partial charge in [-0.3, -0.25) is 9.59 Å². The van der Waals surface area contributed by atoms with E-state index in [1.165, 1.54) is 17.0 Å². The predicted molar refractivity (Wildman–Crippen MR) is 129 cm³/mol. The Bertz CT molecular complexity index is 1200. The van der Waals surface area contributed by atoms with Crippen LogP contribution in [-0.4, -0.2) is 35.7 Å². The van der Waals surface area contributed by atoms with Crippen LogP contribution in [0.1, 0.15) is 28.8 Å². The number of nitrogens with zero attached hydrogens (tertiary/aromatic N) is 1. The van der Waals surface area contributed by atoms with Crippen LogP contribution in [0.25, 0.3) is 11.1 Å². The van der Waals surface area contributed by atoms with Crippen LogP contribution >= 0.6 is 11.6 Å². The number of urea groups is 1. The molecule has 0 spiro atoms. The molecule has 1 heterocycles. The Morgan fingerprint density at radius 1 is 1.03 bits per heavy atom. The minimum absolute atomic E-state index is 0.00540. The molecule has 174 valence electrons. The Hall–Kier alpha value is -3.71. The van der Waals surface area contributed by atoms with Gasteiger partial charge in [0.2, 0.25) is 5.91 Å². The molecule has 0 aromatic heterocycles. The van der Waals surface area contributed by atoms with Crippen LogP contribution in [0.3, 0.4) is 0 Å². The number of aldehydes is 1. The lowest BCUT2D eigenvalue weighted by atomic mass is 10.0. The maximum atomic E-state index is 13.3. The number of rotatable bonds is 6. The van der Waals surface area contributed by atoms with Crippen LogP contribution in [0.15, 0.2) is 66.7 Å². The van der Waals surface area contributed by atoms with Gasteiger partial charge in [0, 0.05) is 24.3 Å². The fraction of sp³-hybridized carbons (Fsp3) is 0.192. The van der Waals surface area contributed by atoms with Gasteiger partial charge in [0.25, 0.3) is 0 Å². The topological polar surface area (TPSA) is 78.5 Å². The summed E-state index contributed by atoms with van der Waals surface area (Å²) >= 11 is 5.79. The molecule has 2 N–H and O–H groups in total. The highest BCUT2D eigenvalue weighted by atomic mass is 35.5. The molecular weight excluding hydrogens is 457 g/mol. The van der Waals surface area contributed by atoms with E-state index in [-0.39, 0.29) is 23.5 Å². The highest BCUT2D eigenvalue weighted by Gasteiger charge is 2.34. The first kappa shape index (κ1) is 23.4. The summed E-state index contributed by atoms with van der Waals surface area (Å²) in [4.78, 5) is 37.9. The van der Waals surface area contributed by atoms with Crippen molar-refractivity contribution >= 4 is 35.5 Å². The van der Waals surface area contributed by atoms with Gasteiger partial charge in [-0.2, -0.15) is 0 Å². The van der Waals surface area contributed by atoms with Gasteiger partial charge in [-0.05, 0) is 53.8 Å². The van der Waals surface area contributed by atoms with Gasteiger partial charge >= 0.3 is 6.03 Å². The van der Waals surface area contributed by atoms with E-state index in [1.54, 1.807) is 30.3 Å². The molecule has 8 heteroatoms. The number of carbonyl (C=O) groups excluding carboxylic acids is 3. The first-order valence-corrected chi connectivity index (χ1v) is 11.3. The molecule has 1 aliphatic heterocycles. The second-order valence-electron chi connectivity index (χ2n) is 8.07. The van der Waals surface area contributed by atoms with Crippen molar-refractivity contribution in [3.8, 4) is 11.1 Å². The number of likely N-dealkylation sites (tertiary alicyclic amines) is 1. The fourth-order valence-electron chi connectivity index (χ4n) is 3.94. The molecule has 34 heavy (non-hydrogen) atoms. The van der Waals surface area contributed by atoms with E-state index in [2.05, 4.69) is 10.6 Å². The van der Waals surface area contributed by atoms with Crippen LogP contribution in [-0.2, 0) is 11.3 Å². The normalized spacial score (nSPS) is 15.1. The molecule has 1 aliphatic rings. The summed E-state index contributed by atoms with van der Waals surface area (Å²) in [5.41, 5.74) is 3.83. The van der Waals surface area contributed by atoms with Crippen LogP contribution in [0, 0.1) is 5.82 Å². The summed E-state index contributed by atoms with van der Waals surface area (Å²) in [7, 11) is 0. The molecule has 0 bridgehead atoms. The molecule has 0 saturated carbocycles. The summed E-state index contributed by atoms with van der Waals surface area (Å²) in [5.74, 6) is -0.766. The average Bonchev–Trinajstić information content (AvgIpc) is 3.35. The maximum Gasteiger partial charge on any atom is 0.318 e. The van der Waals surface area contributed by atoms with Gasteiger partial charge < -0.3 is 15.5 Å². The molecule has 0 radical (unpaired) electrons. The van der Waals surface area contributed by atoms with Crippen molar-refractivity contribution in [1.82, 2.24) is 10.2 Å². The van der Waals surface area contributed by atoms with Crippen molar-refractivity contribution < 1.29 is 18.8 Å². The number of benzene rings is 3. The quantitative estimate of drug-likeness (QED) is 0.473. The number of anilines is 1. The fourth-order valence-corrected chi connectivity index (χ4v) is 4.14. The zero-order valence-corrected chi connectivity index (χ0v) is 19.0. The van der Waals surface area contributed by atoms with Crippen molar-refractivity contribution in [3.05, 3.63) is 88.7 Å². The number of nitrogens with one attached hydrogen (secondary N) is 2. The first-order valence-electron chi connectivity index (χ1n) is 10.9. The molecule has 6 nitrogen and oxygen atoms in total. The molecule has 0 aliphatic carbocycles. The summed E-state index contributed by atoms with van der Waals surface area (Å²) in [5, 5.41) is 5.66. The third-order valence-electron chi connectivity index (χ3n) is 5.78. The molecule has 1 fully saturated rings. The largest absolute Gasteiger partial charge is 0.334 e. The lowest BCUT2D eigenvalue weighted by Gasteiger charge is -2.24. The van der Waals surface area contributed by atoms with Gasteiger partial charge in [-0.25, -0.2) is 9.18 Å². The minimum Gasteiger partial charge on any atom is -0.334 e. The van der Waals surface area contributed by atoms with E-state index in [1.807, 2.05) is 24.3 Å². The Morgan fingerprint density at radius 3 is 2.35 bits per heavy atom. The zero-order valence-electron chi connectivity index (χ0n) is 18.3. The van der Waals surface area contributed by atoms with Gasteiger partial charge in [0.15, 0.2) is 0 Å². The van der Waals surface area contributed by atoms with Crippen molar-refractivity contribution in [2.24, 2.45) is 0 Å². The monoisotopic (exact) mass is 479 g/mol. The second kappa shape index (κ2) is 10.5. The van der Waals surface area contributed by atoms with Crippen LogP contribution in [0.2, 0.25) is 5.02 Å². The number of carbonyl (C=O) groups is 3. The Labute approximate surface area is 201 Å². The SMILES string of the molecule is O=Cc1ccc(-c2ccc(NC(=O)[C@H]3CCCN3C(=O)NCc3ccc(F)c(Cl)c3)cc2)cc1. The summed E-state index contributed by atoms with van der Waals surface area (Å²) < 4.78 is 13.3. The van der Waals surface area contributed by atoms with Crippen LogP contribution in [0.5, 0.6) is 0 Å². The molecule has 3 amide bonds. The molecule has 1 atom stereocenters. The minimum atomic E-state index is -0.577. The summed E-state index contributed by atoms with van der Waals surface area (Å²) in [6.07, 6.45) is 2.10.